The maximum atomic E-state index is 13.9. The Morgan fingerprint density at radius 2 is 1.75 bits per heavy atom. The Kier molecular flexibility index (Phi) is 10.4. The molecular weight excluding hydrogens is 625 g/mol. The molecule has 0 saturated carbocycles. The van der Waals surface area contributed by atoms with E-state index in [-0.39, 0.29) is 41.9 Å². The molecule has 44 heavy (non-hydrogen) atoms. The highest BCUT2D eigenvalue weighted by Crippen LogP contribution is 2.39. The van der Waals surface area contributed by atoms with Gasteiger partial charge in [-0.1, -0.05) is 51.1 Å². The lowest BCUT2D eigenvalue weighted by Crippen LogP contribution is -2.49. The van der Waals surface area contributed by atoms with Crippen molar-refractivity contribution in [3.8, 4) is 11.5 Å². The van der Waals surface area contributed by atoms with Crippen molar-refractivity contribution < 1.29 is 49.4 Å². The molecule has 0 fully saturated rings. The summed E-state index contributed by atoms with van der Waals surface area (Å²) in [6, 6.07) is 10.1. The van der Waals surface area contributed by atoms with Gasteiger partial charge in [-0.25, -0.2) is 0 Å². The number of halogens is 3. The second-order valence-electron chi connectivity index (χ2n) is 11.6. The van der Waals surface area contributed by atoms with Gasteiger partial charge in [-0.2, -0.15) is 21.6 Å². The molecule has 0 radical (unpaired) electrons. The summed E-state index contributed by atoms with van der Waals surface area (Å²) in [4.78, 5) is 26.4. The van der Waals surface area contributed by atoms with E-state index in [4.69, 9.17) is 13.9 Å². The highest BCUT2D eigenvalue weighted by molar-refractivity contribution is 7.87. The van der Waals surface area contributed by atoms with Crippen molar-refractivity contribution in [1.82, 2.24) is 4.90 Å². The zero-order chi connectivity index (χ0) is 33.1. The van der Waals surface area contributed by atoms with Gasteiger partial charge in [-0.15, -0.1) is 0 Å². The van der Waals surface area contributed by atoms with Gasteiger partial charge in [-0.3, -0.25) is 14.9 Å². The summed E-state index contributed by atoms with van der Waals surface area (Å²) < 4.78 is 84.1. The van der Waals surface area contributed by atoms with Crippen molar-refractivity contribution in [3.05, 3.63) is 75.5 Å². The van der Waals surface area contributed by atoms with Crippen molar-refractivity contribution >= 4 is 30.0 Å². The number of rotatable bonds is 11. The van der Waals surface area contributed by atoms with Gasteiger partial charge in [-0.05, 0) is 29.8 Å². The van der Waals surface area contributed by atoms with Crippen LogP contribution < -0.4 is 9.47 Å². The molecule has 0 saturated heterocycles. The van der Waals surface area contributed by atoms with E-state index in [1.807, 2.05) is 39.9 Å². The second kappa shape index (κ2) is 13.2. The highest BCUT2D eigenvalue weighted by Gasteiger charge is 2.49. The van der Waals surface area contributed by atoms with Crippen LogP contribution >= 0.6 is 0 Å². The Morgan fingerprint density at radius 1 is 1.11 bits per heavy atom. The maximum absolute atomic E-state index is 13.9. The van der Waals surface area contributed by atoms with Gasteiger partial charge >= 0.3 is 15.6 Å². The molecule has 0 N–H and O–H groups in total. The van der Waals surface area contributed by atoms with E-state index in [0.717, 1.165) is 23.8 Å². The lowest BCUT2D eigenvalue weighted by molar-refractivity contribution is -0.385. The quantitative estimate of drug-likeness (QED) is 0.0912. The number of amides is 1. The van der Waals surface area contributed by atoms with E-state index < -0.39 is 58.7 Å². The predicted octanol–water partition coefficient (Wildman–Crippen LogP) is 6.17. The fourth-order valence-electron chi connectivity index (χ4n) is 3.98. The van der Waals surface area contributed by atoms with E-state index in [2.05, 4.69) is 4.18 Å². The molecule has 2 aromatic rings. The monoisotopic (exact) mass is 660 g/mol. The molecule has 1 amide bonds. The summed E-state index contributed by atoms with van der Waals surface area (Å²) in [6.45, 7) is 9.25. The Hall–Kier alpha value is -3.63. The predicted molar refractivity (Wildman–Crippen MR) is 157 cm³/mol. The van der Waals surface area contributed by atoms with E-state index >= 15 is 0 Å². The van der Waals surface area contributed by atoms with Crippen LogP contribution in [-0.2, 0) is 25.3 Å². The minimum Gasteiger partial charge on any atom is -0.493 e. The van der Waals surface area contributed by atoms with E-state index in [1.165, 1.54) is 12.0 Å². The van der Waals surface area contributed by atoms with Crippen molar-refractivity contribution in [1.29, 1.82) is 0 Å². The molecule has 0 spiro atoms. The Labute approximate surface area is 254 Å². The van der Waals surface area contributed by atoms with Crippen LogP contribution in [0.15, 0.2) is 54.3 Å². The van der Waals surface area contributed by atoms with Crippen LogP contribution in [0.2, 0.25) is 18.1 Å². The first-order chi connectivity index (χ1) is 20.3. The van der Waals surface area contributed by atoms with Crippen LogP contribution in [0.1, 0.15) is 43.1 Å². The van der Waals surface area contributed by atoms with Gasteiger partial charge in [0, 0.05) is 19.0 Å². The number of nitrogens with zero attached hydrogens (tertiary/aromatic N) is 2. The molecule has 0 aromatic heterocycles. The van der Waals surface area contributed by atoms with Gasteiger partial charge in [0.05, 0.1) is 30.7 Å². The van der Waals surface area contributed by atoms with E-state index in [0.29, 0.717) is 0 Å². The largest absolute Gasteiger partial charge is 0.534 e. The Morgan fingerprint density at radius 3 is 2.30 bits per heavy atom. The third kappa shape index (κ3) is 8.09. The fraction of sp³-hybridized carbons (Fsp3) is 0.464. The molecule has 1 aliphatic rings. The molecule has 242 valence electrons. The highest BCUT2D eigenvalue weighted by atomic mass is 32.2. The molecule has 16 heteroatoms. The van der Waals surface area contributed by atoms with Crippen LogP contribution in [0.3, 0.4) is 0 Å². The topological polar surface area (TPSA) is 135 Å². The summed E-state index contributed by atoms with van der Waals surface area (Å²) >= 11 is 0. The number of ether oxygens (including phenoxy) is 2. The van der Waals surface area contributed by atoms with Crippen molar-refractivity contribution in [2.75, 3.05) is 20.3 Å². The summed E-state index contributed by atoms with van der Waals surface area (Å²) in [6.07, 6.45) is 0.666. The van der Waals surface area contributed by atoms with Crippen LogP contribution in [0.5, 0.6) is 11.5 Å². The number of hydrogen-bond donors (Lipinski definition) is 0. The van der Waals surface area contributed by atoms with Gasteiger partial charge < -0.3 is 23.0 Å². The van der Waals surface area contributed by atoms with Crippen LogP contribution in [-0.4, -0.2) is 64.3 Å². The number of carbonyl (C=O) groups excluding carboxylic acids is 1. The molecule has 0 bridgehead atoms. The van der Waals surface area contributed by atoms with Crippen molar-refractivity contribution in [3.63, 3.8) is 0 Å². The number of benzene rings is 2. The molecule has 3 rings (SSSR count). The van der Waals surface area contributed by atoms with Crippen molar-refractivity contribution in [2.24, 2.45) is 0 Å². The molecule has 0 aliphatic carbocycles. The van der Waals surface area contributed by atoms with Crippen molar-refractivity contribution in [2.45, 2.75) is 63.5 Å². The SMILES string of the molecule is COc1cc(C(=O)N2CCC(OS(=O)(=O)C(F)(F)F)=CC2CO[Si](C)(C)C(C)(C)C)c([N+](=O)[O-])cc1OCc1ccccc1. The summed E-state index contributed by atoms with van der Waals surface area (Å²) in [5.41, 5.74) is -5.83. The molecule has 1 heterocycles. The standard InChI is InChI=1S/C28H35F3N2O9SSi/c1-27(2,3)44(5,6)41-18-20-14-21(42-43(37,38)28(29,30)31)12-13-32(20)26(34)22-15-24(39-4)25(16-23(22)33(35)36)40-17-19-10-8-7-9-11-19/h7-11,14-16,20H,12-13,17-18H2,1-6H3. The molecule has 1 aliphatic heterocycles. The van der Waals surface area contributed by atoms with Gasteiger partial charge in [0.15, 0.2) is 19.8 Å². The van der Waals surface area contributed by atoms with Gasteiger partial charge in [0.25, 0.3) is 11.6 Å². The summed E-state index contributed by atoms with van der Waals surface area (Å²) in [7, 11) is -7.13. The minimum atomic E-state index is -5.96. The molecule has 1 atom stereocenters. The maximum Gasteiger partial charge on any atom is 0.534 e. The lowest BCUT2D eigenvalue weighted by Gasteiger charge is -2.40. The molecule has 11 nitrogen and oxygen atoms in total. The Balaban J connectivity index is 2.00. The zero-order valence-corrected chi connectivity index (χ0v) is 27.0. The lowest BCUT2D eigenvalue weighted by atomic mass is 10.0. The summed E-state index contributed by atoms with van der Waals surface area (Å²) in [5, 5.41) is 11.8. The zero-order valence-electron chi connectivity index (χ0n) is 25.1. The summed E-state index contributed by atoms with van der Waals surface area (Å²) in [5.74, 6) is -1.31. The average Bonchev–Trinajstić information content (AvgIpc) is 2.93. The Bertz CT molecular complexity index is 1510. The molecular formula is C28H35F3N2O9SSi. The molecule has 1 unspecified atom stereocenters. The number of hydrogen-bond acceptors (Lipinski definition) is 9. The van der Waals surface area contributed by atoms with Gasteiger partial charge in [0.2, 0.25) is 0 Å². The van der Waals surface area contributed by atoms with Crippen LogP contribution in [0, 0.1) is 10.1 Å². The number of alkyl halides is 3. The van der Waals surface area contributed by atoms with Gasteiger partial charge in [0.1, 0.15) is 17.9 Å². The normalized spacial score (nSPS) is 16.2. The average molecular weight is 661 g/mol. The number of nitro benzene ring substituents is 1. The minimum absolute atomic E-state index is 0.0176. The smallest absolute Gasteiger partial charge is 0.493 e. The first kappa shape index (κ1) is 34.9. The number of methoxy groups -OCH3 is 1. The number of carbonyl (C=O) groups is 1. The first-order valence-electron chi connectivity index (χ1n) is 13.5. The third-order valence-corrected chi connectivity index (χ3v) is 13.0. The number of nitro groups is 1. The first-order valence-corrected chi connectivity index (χ1v) is 17.8. The fourth-order valence-corrected chi connectivity index (χ4v) is 5.51. The van der Waals surface area contributed by atoms with E-state index in [9.17, 15) is 36.5 Å². The van der Waals surface area contributed by atoms with Crippen LogP contribution in [0.4, 0.5) is 18.9 Å². The second-order valence-corrected chi connectivity index (χ2v) is 17.9. The van der Waals surface area contributed by atoms with Crippen LogP contribution in [0.25, 0.3) is 0 Å². The van der Waals surface area contributed by atoms with E-state index in [1.54, 1.807) is 24.3 Å². The molecule has 2 aromatic carbocycles. The third-order valence-electron chi connectivity index (χ3n) is 7.51.